The molecule has 0 saturated heterocycles. The molecule has 1 aliphatic carbocycles. The van der Waals surface area contributed by atoms with Gasteiger partial charge in [-0.3, -0.25) is 0 Å². The van der Waals surface area contributed by atoms with Gasteiger partial charge in [0.05, 0.1) is 7.11 Å². The van der Waals surface area contributed by atoms with Crippen molar-refractivity contribution in [3.05, 3.63) is 35.7 Å². The van der Waals surface area contributed by atoms with Gasteiger partial charge in [0.25, 0.3) is 0 Å². The highest BCUT2D eigenvalue weighted by Crippen LogP contribution is 2.35. The first-order valence-corrected chi connectivity index (χ1v) is 4.35. The summed E-state index contributed by atoms with van der Waals surface area (Å²) in [7, 11) is 1.70. The van der Waals surface area contributed by atoms with E-state index in [0.29, 0.717) is 0 Å². The molecule has 1 aromatic carbocycles. The van der Waals surface area contributed by atoms with Crippen LogP contribution in [0.1, 0.15) is 18.4 Å². The minimum atomic E-state index is 0.944. The lowest BCUT2D eigenvalue weighted by molar-refractivity contribution is 0.414. The summed E-state index contributed by atoms with van der Waals surface area (Å²) in [4.78, 5) is 0. The van der Waals surface area contributed by atoms with E-state index in [-0.39, 0.29) is 0 Å². The van der Waals surface area contributed by atoms with Gasteiger partial charge in [0.2, 0.25) is 0 Å². The van der Waals surface area contributed by atoms with E-state index in [9.17, 15) is 0 Å². The molecule has 2 rings (SSSR count). The summed E-state index contributed by atoms with van der Waals surface area (Å²) in [6.07, 6.45) is 3.85. The molecule has 1 nitrogen and oxygen atoms in total. The Hall–Kier alpha value is -0.980. The standard InChI is InChI=1S/C11H13O/c1-12-11-6-4-10(5-7-11)8-9-2-3-9/h4-7H,2-3,8H2,1H3. The van der Waals surface area contributed by atoms with Crippen molar-refractivity contribution >= 4 is 0 Å². The Morgan fingerprint density at radius 1 is 1.17 bits per heavy atom. The fourth-order valence-electron chi connectivity index (χ4n) is 1.30. The SMILES string of the molecule is COc1ccc(C[C]2CC2)cc1. The fraction of sp³-hybridized carbons (Fsp3) is 0.364. The van der Waals surface area contributed by atoms with Crippen LogP contribution in [-0.2, 0) is 6.42 Å². The molecule has 1 saturated carbocycles. The van der Waals surface area contributed by atoms with Gasteiger partial charge < -0.3 is 4.74 Å². The Morgan fingerprint density at radius 3 is 2.33 bits per heavy atom. The summed E-state index contributed by atoms with van der Waals surface area (Å²) >= 11 is 0. The number of ether oxygens (including phenoxy) is 1. The van der Waals surface area contributed by atoms with Crippen LogP contribution in [-0.4, -0.2) is 7.11 Å². The van der Waals surface area contributed by atoms with Crippen LogP contribution in [0.3, 0.4) is 0 Å². The quantitative estimate of drug-likeness (QED) is 0.662. The topological polar surface area (TPSA) is 9.23 Å². The van der Waals surface area contributed by atoms with Gasteiger partial charge in [-0.05, 0) is 42.9 Å². The third-order valence-electron chi connectivity index (χ3n) is 2.22. The van der Waals surface area contributed by atoms with E-state index >= 15 is 0 Å². The zero-order valence-electron chi connectivity index (χ0n) is 7.34. The normalized spacial score (nSPS) is 16.1. The highest BCUT2D eigenvalue weighted by Gasteiger charge is 2.21. The monoisotopic (exact) mass is 161 g/mol. The molecule has 0 aromatic heterocycles. The van der Waals surface area contributed by atoms with E-state index in [1.165, 1.54) is 24.8 Å². The van der Waals surface area contributed by atoms with Crippen LogP contribution in [0.2, 0.25) is 0 Å². The predicted octanol–water partition coefficient (Wildman–Crippen LogP) is 2.61. The second-order valence-corrected chi connectivity index (χ2v) is 3.27. The van der Waals surface area contributed by atoms with Gasteiger partial charge in [0, 0.05) is 0 Å². The lowest BCUT2D eigenvalue weighted by Gasteiger charge is -2.01. The number of hydrogen-bond donors (Lipinski definition) is 0. The predicted molar refractivity (Wildman–Crippen MR) is 49.2 cm³/mol. The van der Waals surface area contributed by atoms with Gasteiger partial charge >= 0.3 is 0 Å². The Balaban J connectivity index is 2.02. The molecule has 0 N–H and O–H groups in total. The van der Waals surface area contributed by atoms with Crippen LogP contribution >= 0.6 is 0 Å². The highest BCUT2D eigenvalue weighted by molar-refractivity contribution is 5.30. The van der Waals surface area contributed by atoms with Gasteiger partial charge in [-0.1, -0.05) is 12.1 Å². The van der Waals surface area contributed by atoms with Crippen molar-refractivity contribution in [2.24, 2.45) is 0 Å². The molecular weight excluding hydrogens is 148 g/mol. The Morgan fingerprint density at radius 2 is 1.83 bits per heavy atom. The van der Waals surface area contributed by atoms with Crippen LogP contribution in [0, 0.1) is 5.92 Å². The van der Waals surface area contributed by atoms with Gasteiger partial charge in [-0.15, -0.1) is 0 Å². The number of benzene rings is 1. The van der Waals surface area contributed by atoms with Crippen molar-refractivity contribution in [2.45, 2.75) is 19.3 Å². The lowest BCUT2D eigenvalue weighted by atomic mass is 10.1. The molecular formula is C11H13O. The maximum atomic E-state index is 5.08. The van der Waals surface area contributed by atoms with Crippen molar-refractivity contribution in [2.75, 3.05) is 7.11 Å². The Bertz CT molecular complexity index is 246. The van der Waals surface area contributed by atoms with Gasteiger partial charge in [0.1, 0.15) is 5.75 Å². The first-order valence-electron chi connectivity index (χ1n) is 4.35. The molecule has 1 fully saturated rings. The van der Waals surface area contributed by atoms with E-state index in [0.717, 1.165) is 5.75 Å². The smallest absolute Gasteiger partial charge is 0.118 e. The molecule has 0 unspecified atom stereocenters. The molecule has 0 amide bonds. The van der Waals surface area contributed by atoms with Crippen molar-refractivity contribution < 1.29 is 4.74 Å². The fourth-order valence-corrected chi connectivity index (χ4v) is 1.30. The Kier molecular flexibility index (Phi) is 2.03. The van der Waals surface area contributed by atoms with Crippen LogP contribution in [0.4, 0.5) is 0 Å². The second kappa shape index (κ2) is 3.18. The second-order valence-electron chi connectivity index (χ2n) is 3.27. The summed E-state index contributed by atoms with van der Waals surface area (Å²) in [5.74, 6) is 2.62. The van der Waals surface area contributed by atoms with E-state index in [1.54, 1.807) is 13.0 Å². The molecule has 0 bridgehead atoms. The molecule has 63 valence electrons. The average molecular weight is 161 g/mol. The average Bonchev–Trinajstić information content (AvgIpc) is 2.90. The van der Waals surface area contributed by atoms with E-state index < -0.39 is 0 Å². The summed E-state index contributed by atoms with van der Waals surface area (Å²) in [6, 6.07) is 8.34. The van der Waals surface area contributed by atoms with Crippen molar-refractivity contribution in [1.82, 2.24) is 0 Å². The number of methoxy groups -OCH3 is 1. The van der Waals surface area contributed by atoms with Crippen LogP contribution in [0.25, 0.3) is 0 Å². The molecule has 0 heterocycles. The number of rotatable bonds is 3. The van der Waals surface area contributed by atoms with E-state index in [1.807, 2.05) is 12.1 Å². The van der Waals surface area contributed by atoms with Gasteiger partial charge in [-0.2, -0.15) is 0 Å². The maximum absolute atomic E-state index is 5.08. The molecule has 0 atom stereocenters. The Labute approximate surface area is 73.4 Å². The summed E-state index contributed by atoms with van der Waals surface area (Å²) in [5, 5.41) is 0. The van der Waals surface area contributed by atoms with Gasteiger partial charge in [-0.25, -0.2) is 0 Å². The molecule has 1 aliphatic rings. The summed E-state index contributed by atoms with van der Waals surface area (Å²) in [5.41, 5.74) is 1.41. The van der Waals surface area contributed by atoms with Gasteiger partial charge in [0.15, 0.2) is 0 Å². The van der Waals surface area contributed by atoms with Crippen LogP contribution in [0.15, 0.2) is 24.3 Å². The van der Waals surface area contributed by atoms with E-state index in [4.69, 9.17) is 4.74 Å². The van der Waals surface area contributed by atoms with E-state index in [2.05, 4.69) is 12.1 Å². The summed E-state index contributed by atoms with van der Waals surface area (Å²) < 4.78 is 5.08. The molecule has 0 aliphatic heterocycles. The first kappa shape index (κ1) is 7.66. The zero-order chi connectivity index (χ0) is 8.39. The molecule has 0 spiro atoms. The van der Waals surface area contributed by atoms with Crippen molar-refractivity contribution in [3.63, 3.8) is 0 Å². The minimum absolute atomic E-state index is 0.944. The van der Waals surface area contributed by atoms with Crippen LogP contribution in [0.5, 0.6) is 5.75 Å². The van der Waals surface area contributed by atoms with Crippen molar-refractivity contribution in [1.29, 1.82) is 0 Å². The highest BCUT2D eigenvalue weighted by atomic mass is 16.5. The molecule has 1 aromatic rings. The van der Waals surface area contributed by atoms with Crippen LogP contribution < -0.4 is 4.74 Å². The van der Waals surface area contributed by atoms with Crippen molar-refractivity contribution in [3.8, 4) is 5.75 Å². The maximum Gasteiger partial charge on any atom is 0.118 e. The third kappa shape index (κ3) is 1.79. The zero-order valence-corrected chi connectivity index (χ0v) is 7.34. The molecule has 1 heteroatoms. The number of hydrogen-bond acceptors (Lipinski definition) is 1. The minimum Gasteiger partial charge on any atom is -0.497 e. The molecule has 12 heavy (non-hydrogen) atoms. The first-order chi connectivity index (χ1) is 5.88. The molecule has 1 radical (unpaired) electrons. The third-order valence-corrected chi connectivity index (χ3v) is 2.22. The largest absolute Gasteiger partial charge is 0.497 e. The summed E-state index contributed by atoms with van der Waals surface area (Å²) in [6.45, 7) is 0. The lowest BCUT2D eigenvalue weighted by Crippen LogP contribution is -1.86.